The SMILES string of the molecule is COc1ccc(C(Nc2ccc(-n3ccc(C)n3)nn2)c2nccn2C)cc1. The molecule has 142 valence electrons. The monoisotopic (exact) mass is 375 g/mol. The molecule has 1 unspecified atom stereocenters. The maximum atomic E-state index is 5.27. The molecule has 0 bridgehead atoms. The Morgan fingerprint density at radius 3 is 2.39 bits per heavy atom. The molecule has 3 heterocycles. The smallest absolute Gasteiger partial charge is 0.175 e. The van der Waals surface area contributed by atoms with Crippen LogP contribution in [0.25, 0.3) is 5.82 Å². The minimum Gasteiger partial charge on any atom is -0.497 e. The molecule has 1 aromatic carbocycles. The van der Waals surface area contributed by atoms with Crippen LogP contribution in [-0.2, 0) is 7.05 Å². The van der Waals surface area contributed by atoms with E-state index >= 15 is 0 Å². The number of aryl methyl sites for hydroxylation is 2. The number of nitrogens with one attached hydrogen (secondary N) is 1. The number of hydrogen-bond acceptors (Lipinski definition) is 6. The van der Waals surface area contributed by atoms with Crippen LogP contribution < -0.4 is 10.1 Å². The third-order valence-corrected chi connectivity index (χ3v) is 4.47. The van der Waals surface area contributed by atoms with Crippen molar-refractivity contribution in [2.75, 3.05) is 12.4 Å². The number of nitrogens with zero attached hydrogens (tertiary/aromatic N) is 6. The van der Waals surface area contributed by atoms with Crippen molar-refractivity contribution in [3.8, 4) is 11.6 Å². The van der Waals surface area contributed by atoms with Crippen molar-refractivity contribution < 1.29 is 4.74 Å². The first-order valence-corrected chi connectivity index (χ1v) is 8.88. The highest BCUT2D eigenvalue weighted by Gasteiger charge is 2.19. The van der Waals surface area contributed by atoms with Gasteiger partial charge < -0.3 is 14.6 Å². The molecule has 4 rings (SSSR count). The van der Waals surface area contributed by atoms with Gasteiger partial charge in [-0.3, -0.25) is 0 Å². The Labute approximate surface area is 162 Å². The summed E-state index contributed by atoms with van der Waals surface area (Å²) in [5, 5.41) is 16.4. The van der Waals surface area contributed by atoms with Gasteiger partial charge in [0.15, 0.2) is 5.82 Å². The van der Waals surface area contributed by atoms with Crippen molar-refractivity contribution in [3.05, 3.63) is 78.1 Å². The predicted molar refractivity (Wildman–Crippen MR) is 106 cm³/mol. The minimum atomic E-state index is -0.182. The molecule has 3 aromatic heterocycles. The summed E-state index contributed by atoms with van der Waals surface area (Å²) in [5.74, 6) is 2.99. The summed E-state index contributed by atoms with van der Waals surface area (Å²) in [6.45, 7) is 1.94. The van der Waals surface area contributed by atoms with Crippen LogP contribution >= 0.6 is 0 Å². The number of hydrogen-bond donors (Lipinski definition) is 1. The Bertz CT molecular complexity index is 1050. The largest absolute Gasteiger partial charge is 0.497 e. The normalized spacial score (nSPS) is 12.0. The molecule has 0 amide bonds. The number of imidazole rings is 1. The number of ether oxygens (including phenoxy) is 1. The number of methoxy groups -OCH3 is 1. The first-order chi connectivity index (χ1) is 13.6. The fraction of sp³-hybridized carbons (Fsp3) is 0.200. The molecule has 0 aliphatic heterocycles. The van der Waals surface area contributed by atoms with Crippen molar-refractivity contribution in [3.63, 3.8) is 0 Å². The second kappa shape index (κ2) is 7.51. The molecule has 1 N–H and O–H groups in total. The lowest BCUT2D eigenvalue weighted by Crippen LogP contribution is -2.18. The van der Waals surface area contributed by atoms with E-state index in [0.717, 1.165) is 22.8 Å². The number of aromatic nitrogens is 6. The first kappa shape index (κ1) is 17.7. The van der Waals surface area contributed by atoms with Crippen molar-refractivity contribution in [1.82, 2.24) is 29.5 Å². The summed E-state index contributed by atoms with van der Waals surface area (Å²) in [4.78, 5) is 4.51. The second-order valence-corrected chi connectivity index (χ2v) is 6.43. The molecular formula is C20H21N7O. The number of benzene rings is 1. The molecule has 28 heavy (non-hydrogen) atoms. The summed E-state index contributed by atoms with van der Waals surface area (Å²) in [7, 11) is 3.62. The standard InChI is InChI=1S/C20H21N7O/c1-14-10-12-27(25-14)18-9-8-17(23-24-18)22-19(20-21-11-13-26(20)2)15-4-6-16(28-3)7-5-15/h4-13,19H,1-3H3,(H,22,23). The van der Waals surface area contributed by atoms with E-state index in [9.17, 15) is 0 Å². The minimum absolute atomic E-state index is 0.182. The van der Waals surface area contributed by atoms with Gasteiger partial charge in [0.25, 0.3) is 0 Å². The van der Waals surface area contributed by atoms with Crippen LogP contribution in [0.2, 0.25) is 0 Å². The van der Waals surface area contributed by atoms with Gasteiger partial charge in [-0.2, -0.15) is 5.10 Å². The van der Waals surface area contributed by atoms with Gasteiger partial charge in [0.05, 0.1) is 12.8 Å². The van der Waals surface area contributed by atoms with Crippen molar-refractivity contribution in [2.24, 2.45) is 7.05 Å². The molecule has 0 spiro atoms. The van der Waals surface area contributed by atoms with Gasteiger partial charge in [-0.15, -0.1) is 10.2 Å². The van der Waals surface area contributed by atoms with E-state index in [1.807, 2.05) is 73.4 Å². The predicted octanol–water partition coefficient (Wildman–Crippen LogP) is 2.91. The zero-order valence-electron chi connectivity index (χ0n) is 15.9. The van der Waals surface area contributed by atoms with E-state index < -0.39 is 0 Å². The van der Waals surface area contributed by atoms with Crippen LogP contribution in [0.3, 0.4) is 0 Å². The number of anilines is 1. The van der Waals surface area contributed by atoms with Gasteiger partial charge in [0.1, 0.15) is 23.4 Å². The fourth-order valence-corrected chi connectivity index (χ4v) is 2.96. The Hall–Kier alpha value is -3.68. The molecule has 0 aliphatic carbocycles. The fourth-order valence-electron chi connectivity index (χ4n) is 2.96. The molecule has 8 nitrogen and oxygen atoms in total. The van der Waals surface area contributed by atoms with Gasteiger partial charge in [-0.05, 0) is 42.8 Å². The van der Waals surface area contributed by atoms with Gasteiger partial charge in [0.2, 0.25) is 0 Å². The molecule has 0 saturated heterocycles. The lowest BCUT2D eigenvalue weighted by atomic mass is 10.1. The average molecular weight is 375 g/mol. The van der Waals surface area contributed by atoms with Crippen LogP contribution in [0.5, 0.6) is 5.75 Å². The van der Waals surface area contributed by atoms with Crippen LogP contribution in [0.15, 0.2) is 61.1 Å². The van der Waals surface area contributed by atoms with Crippen molar-refractivity contribution >= 4 is 5.82 Å². The zero-order valence-corrected chi connectivity index (χ0v) is 15.9. The van der Waals surface area contributed by atoms with Crippen LogP contribution in [0.4, 0.5) is 5.82 Å². The molecule has 1 atom stereocenters. The second-order valence-electron chi connectivity index (χ2n) is 6.43. The third-order valence-electron chi connectivity index (χ3n) is 4.47. The molecule has 0 saturated carbocycles. The lowest BCUT2D eigenvalue weighted by Gasteiger charge is -2.19. The van der Waals surface area contributed by atoms with Crippen LogP contribution in [-0.4, -0.2) is 36.6 Å². The van der Waals surface area contributed by atoms with E-state index in [4.69, 9.17) is 4.74 Å². The molecule has 0 radical (unpaired) electrons. The molecule has 0 aliphatic rings. The van der Waals surface area contributed by atoms with Crippen molar-refractivity contribution in [1.29, 1.82) is 0 Å². The topological polar surface area (TPSA) is 82.7 Å². The molecule has 0 fully saturated rings. The third kappa shape index (κ3) is 3.57. The highest BCUT2D eigenvalue weighted by Crippen LogP contribution is 2.26. The molecule has 8 heteroatoms. The Kier molecular flexibility index (Phi) is 4.76. The average Bonchev–Trinajstić information content (AvgIpc) is 3.35. The van der Waals surface area contributed by atoms with E-state index in [0.29, 0.717) is 11.6 Å². The van der Waals surface area contributed by atoms with Crippen LogP contribution in [0, 0.1) is 6.92 Å². The van der Waals surface area contributed by atoms with E-state index in [1.54, 1.807) is 18.0 Å². The summed E-state index contributed by atoms with van der Waals surface area (Å²) >= 11 is 0. The molecule has 4 aromatic rings. The van der Waals surface area contributed by atoms with Crippen LogP contribution in [0.1, 0.15) is 23.1 Å². The number of rotatable bonds is 6. The van der Waals surface area contributed by atoms with E-state index in [2.05, 4.69) is 25.6 Å². The highest BCUT2D eigenvalue weighted by molar-refractivity contribution is 5.43. The van der Waals surface area contributed by atoms with Crippen molar-refractivity contribution in [2.45, 2.75) is 13.0 Å². The Morgan fingerprint density at radius 1 is 1.00 bits per heavy atom. The quantitative estimate of drug-likeness (QED) is 0.558. The maximum absolute atomic E-state index is 5.27. The summed E-state index contributed by atoms with van der Waals surface area (Å²) in [6.07, 6.45) is 5.56. The highest BCUT2D eigenvalue weighted by atomic mass is 16.5. The summed E-state index contributed by atoms with van der Waals surface area (Å²) in [5.41, 5.74) is 1.97. The zero-order chi connectivity index (χ0) is 19.5. The van der Waals surface area contributed by atoms with Gasteiger partial charge in [-0.1, -0.05) is 12.1 Å². The van der Waals surface area contributed by atoms with E-state index in [-0.39, 0.29) is 6.04 Å². The maximum Gasteiger partial charge on any atom is 0.175 e. The lowest BCUT2D eigenvalue weighted by molar-refractivity contribution is 0.414. The summed E-state index contributed by atoms with van der Waals surface area (Å²) in [6, 6.07) is 13.4. The first-order valence-electron chi connectivity index (χ1n) is 8.88. The van der Waals surface area contributed by atoms with Gasteiger partial charge in [-0.25, -0.2) is 9.67 Å². The Morgan fingerprint density at radius 2 is 1.82 bits per heavy atom. The van der Waals surface area contributed by atoms with E-state index in [1.165, 1.54) is 0 Å². The molecular weight excluding hydrogens is 354 g/mol. The Balaban J connectivity index is 1.63. The van der Waals surface area contributed by atoms with Gasteiger partial charge in [0, 0.05) is 25.6 Å². The van der Waals surface area contributed by atoms with Gasteiger partial charge >= 0.3 is 0 Å². The summed E-state index contributed by atoms with van der Waals surface area (Å²) < 4.78 is 8.95.